The van der Waals surface area contributed by atoms with E-state index in [2.05, 4.69) is 7.05 Å². The molecule has 0 aromatic rings. The average Bonchev–Trinajstić information content (AvgIpc) is 2.83. The number of thioether (sulfide) groups is 1. The highest BCUT2D eigenvalue weighted by atomic mass is 127. The monoisotopic (exact) mass is 425 g/mol. The SMILES string of the molecule is C[N+]1(CC2=C(C(=O)[O-])N3C(=O)[C@@H](N)[C@H]3SC2)CCCC1.I. The number of fused-ring (bicyclic) bond motifs is 1. The van der Waals surface area contributed by atoms with Crippen LogP contribution in [-0.4, -0.2) is 65.1 Å². The zero-order chi connectivity index (χ0) is 14.5. The number of quaternary nitrogens is 1. The number of rotatable bonds is 3. The number of carboxylic acids is 1. The molecule has 0 radical (unpaired) electrons. The fourth-order valence-electron chi connectivity index (χ4n) is 3.41. The highest BCUT2D eigenvalue weighted by Crippen LogP contribution is 2.40. The van der Waals surface area contributed by atoms with E-state index in [1.165, 1.54) is 17.7 Å². The van der Waals surface area contributed by atoms with Crippen molar-refractivity contribution in [3.05, 3.63) is 11.3 Å². The lowest BCUT2D eigenvalue weighted by Crippen LogP contribution is -2.69. The van der Waals surface area contributed by atoms with Crippen LogP contribution in [0.5, 0.6) is 0 Å². The molecule has 3 rings (SSSR count). The molecule has 0 aromatic carbocycles. The van der Waals surface area contributed by atoms with E-state index in [0.29, 0.717) is 12.3 Å². The Morgan fingerprint density at radius 2 is 2.10 bits per heavy atom. The van der Waals surface area contributed by atoms with Crippen molar-refractivity contribution in [2.75, 3.05) is 32.4 Å². The standard InChI is InChI=1S/C13H19N3O3S.HI/c1-16(4-2-3-5-16)6-8-7-20-12-9(14)11(17)15(12)10(8)13(18)19;/h9,12H,2-7,14H2,1H3;1H/t9-,12-;/m1./s1. The molecule has 0 saturated carbocycles. The lowest BCUT2D eigenvalue weighted by molar-refractivity contribution is -0.893. The van der Waals surface area contributed by atoms with Crippen LogP contribution in [0.3, 0.4) is 0 Å². The largest absolute Gasteiger partial charge is 0.543 e. The molecule has 8 heteroatoms. The summed E-state index contributed by atoms with van der Waals surface area (Å²) in [6.07, 6.45) is 2.35. The van der Waals surface area contributed by atoms with Gasteiger partial charge < -0.3 is 20.1 Å². The molecule has 3 heterocycles. The number of β-lactam (4-membered cyclic amide) rings is 1. The minimum atomic E-state index is -1.25. The number of hydrogen-bond donors (Lipinski definition) is 1. The third-order valence-corrected chi connectivity index (χ3v) is 5.86. The molecule has 118 valence electrons. The van der Waals surface area contributed by atoms with Crippen LogP contribution >= 0.6 is 35.7 Å². The predicted molar refractivity (Wildman–Crippen MR) is 88.5 cm³/mol. The van der Waals surface area contributed by atoms with Gasteiger partial charge in [-0.25, -0.2) is 0 Å². The molecule has 0 aromatic heterocycles. The Morgan fingerprint density at radius 1 is 1.48 bits per heavy atom. The minimum absolute atomic E-state index is 0. The summed E-state index contributed by atoms with van der Waals surface area (Å²) in [7, 11) is 2.15. The van der Waals surface area contributed by atoms with Crippen LogP contribution in [0.1, 0.15) is 12.8 Å². The van der Waals surface area contributed by atoms with Gasteiger partial charge in [-0.3, -0.25) is 9.69 Å². The molecule has 0 spiro atoms. The van der Waals surface area contributed by atoms with Gasteiger partial charge in [0.2, 0.25) is 5.91 Å². The maximum Gasteiger partial charge on any atom is 0.248 e. The number of nitrogens with two attached hydrogens (primary N) is 1. The van der Waals surface area contributed by atoms with Gasteiger partial charge in [0.25, 0.3) is 0 Å². The smallest absolute Gasteiger partial charge is 0.248 e. The first-order valence-electron chi connectivity index (χ1n) is 6.90. The van der Waals surface area contributed by atoms with Crippen LogP contribution in [-0.2, 0) is 9.59 Å². The molecule has 2 saturated heterocycles. The molecular weight excluding hydrogens is 405 g/mol. The zero-order valence-electron chi connectivity index (χ0n) is 11.9. The topological polar surface area (TPSA) is 86.5 Å². The maximum absolute atomic E-state index is 11.8. The second-order valence-electron chi connectivity index (χ2n) is 6.11. The number of likely N-dealkylation sites (N-methyl/N-ethyl adjacent to an activating group) is 1. The summed E-state index contributed by atoms with van der Waals surface area (Å²) < 4.78 is 0.853. The number of carbonyl (C=O) groups excluding carboxylic acids is 2. The fraction of sp³-hybridized carbons (Fsp3) is 0.692. The van der Waals surface area contributed by atoms with Gasteiger partial charge >= 0.3 is 0 Å². The molecule has 0 unspecified atom stereocenters. The Labute approximate surface area is 145 Å². The van der Waals surface area contributed by atoms with E-state index < -0.39 is 12.0 Å². The quantitative estimate of drug-likeness (QED) is 0.360. The van der Waals surface area contributed by atoms with Crippen molar-refractivity contribution in [3.63, 3.8) is 0 Å². The van der Waals surface area contributed by atoms with Gasteiger partial charge in [0, 0.05) is 24.2 Å². The highest BCUT2D eigenvalue weighted by molar-refractivity contribution is 14.0. The van der Waals surface area contributed by atoms with Crippen molar-refractivity contribution in [1.82, 2.24) is 4.90 Å². The molecular formula is C13H20IN3O3S. The van der Waals surface area contributed by atoms with Crippen molar-refractivity contribution in [2.45, 2.75) is 24.3 Å². The summed E-state index contributed by atoms with van der Waals surface area (Å²) in [6, 6.07) is -0.576. The summed E-state index contributed by atoms with van der Waals surface area (Å²) in [5, 5.41) is 11.2. The Morgan fingerprint density at radius 3 is 2.67 bits per heavy atom. The number of carbonyl (C=O) groups is 2. The summed E-state index contributed by atoms with van der Waals surface area (Å²) in [5.41, 5.74) is 6.61. The van der Waals surface area contributed by atoms with Crippen molar-refractivity contribution < 1.29 is 19.2 Å². The van der Waals surface area contributed by atoms with Crippen LogP contribution in [0.25, 0.3) is 0 Å². The Kier molecular flexibility index (Phi) is 4.91. The molecule has 0 aliphatic carbocycles. The molecule has 2 fully saturated rings. The lowest BCUT2D eigenvalue weighted by Gasteiger charge is -2.50. The second-order valence-corrected chi connectivity index (χ2v) is 7.21. The van der Waals surface area contributed by atoms with Crippen LogP contribution in [0.4, 0.5) is 0 Å². The fourth-order valence-corrected chi connectivity index (χ4v) is 4.69. The van der Waals surface area contributed by atoms with E-state index in [9.17, 15) is 14.7 Å². The molecule has 2 N–H and O–H groups in total. The molecule has 2 atom stereocenters. The van der Waals surface area contributed by atoms with Gasteiger partial charge in [0.15, 0.2) is 0 Å². The Hall–Kier alpha value is -0.320. The van der Waals surface area contributed by atoms with Crippen LogP contribution in [0.2, 0.25) is 0 Å². The zero-order valence-corrected chi connectivity index (χ0v) is 15.1. The number of nitrogens with zero attached hydrogens (tertiary/aromatic N) is 2. The number of amides is 1. The van der Waals surface area contributed by atoms with Crippen molar-refractivity contribution in [2.24, 2.45) is 5.73 Å². The van der Waals surface area contributed by atoms with Gasteiger partial charge in [0.1, 0.15) is 18.0 Å². The minimum Gasteiger partial charge on any atom is -0.543 e. The van der Waals surface area contributed by atoms with E-state index in [-0.39, 0.29) is 41.0 Å². The first-order chi connectivity index (χ1) is 9.43. The number of carboxylic acid groups (broad SMARTS) is 1. The lowest BCUT2D eigenvalue weighted by atomic mass is 10.0. The summed E-state index contributed by atoms with van der Waals surface area (Å²) in [5.74, 6) is -0.932. The van der Waals surface area contributed by atoms with Gasteiger partial charge in [0.05, 0.1) is 31.8 Å². The number of halogens is 1. The highest BCUT2D eigenvalue weighted by Gasteiger charge is 2.50. The third-order valence-electron chi connectivity index (χ3n) is 4.50. The molecule has 0 bridgehead atoms. The second kappa shape index (κ2) is 6.05. The van der Waals surface area contributed by atoms with Crippen molar-refractivity contribution in [1.29, 1.82) is 0 Å². The van der Waals surface area contributed by atoms with E-state index in [1.54, 1.807) is 11.8 Å². The predicted octanol–water partition coefficient (Wildman–Crippen LogP) is -0.909. The summed E-state index contributed by atoms with van der Waals surface area (Å²) >= 11 is 1.56. The van der Waals surface area contributed by atoms with Crippen LogP contribution in [0, 0.1) is 0 Å². The van der Waals surface area contributed by atoms with E-state index in [0.717, 1.165) is 23.1 Å². The van der Waals surface area contributed by atoms with E-state index in [4.69, 9.17) is 5.73 Å². The molecule has 3 aliphatic rings. The number of aliphatic carboxylic acids is 1. The number of hydrogen-bond acceptors (Lipinski definition) is 5. The molecule has 1 amide bonds. The summed E-state index contributed by atoms with van der Waals surface area (Å²) in [6.45, 7) is 2.80. The van der Waals surface area contributed by atoms with Crippen LogP contribution in [0.15, 0.2) is 11.3 Å². The number of likely N-dealkylation sites (tertiary alicyclic amines) is 1. The van der Waals surface area contributed by atoms with Gasteiger partial charge in [-0.1, -0.05) is 0 Å². The molecule has 6 nitrogen and oxygen atoms in total. The Bertz CT molecular complexity index is 505. The van der Waals surface area contributed by atoms with E-state index >= 15 is 0 Å². The first kappa shape index (κ1) is 17.0. The van der Waals surface area contributed by atoms with E-state index in [1.807, 2.05) is 0 Å². The van der Waals surface area contributed by atoms with Gasteiger partial charge in [-0.15, -0.1) is 35.7 Å². The first-order valence-corrected chi connectivity index (χ1v) is 7.95. The Balaban J connectivity index is 0.00000161. The average molecular weight is 425 g/mol. The third kappa shape index (κ3) is 2.82. The molecule has 3 aliphatic heterocycles. The summed E-state index contributed by atoms with van der Waals surface area (Å²) in [4.78, 5) is 24.6. The van der Waals surface area contributed by atoms with Gasteiger partial charge in [-0.2, -0.15) is 0 Å². The molecule has 21 heavy (non-hydrogen) atoms. The van der Waals surface area contributed by atoms with Gasteiger partial charge in [-0.05, 0) is 0 Å². The maximum atomic E-state index is 11.8. The van der Waals surface area contributed by atoms with Crippen molar-refractivity contribution >= 4 is 47.6 Å². The van der Waals surface area contributed by atoms with Crippen LogP contribution < -0.4 is 10.8 Å². The normalized spacial score (nSPS) is 30.6. The van der Waals surface area contributed by atoms with Crippen molar-refractivity contribution in [3.8, 4) is 0 Å².